The van der Waals surface area contributed by atoms with Gasteiger partial charge in [-0.1, -0.05) is 13.8 Å². The summed E-state index contributed by atoms with van der Waals surface area (Å²) in [7, 11) is 0. The van der Waals surface area contributed by atoms with Crippen molar-refractivity contribution in [2.75, 3.05) is 0 Å². The van der Waals surface area contributed by atoms with Gasteiger partial charge in [-0.05, 0) is 12.3 Å². The summed E-state index contributed by atoms with van der Waals surface area (Å²) >= 11 is 0. The Bertz CT molecular complexity index is 510. The number of aromatic amines is 1. The molecule has 1 aromatic heterocycles. The van der Waals surface area contributed by atoms with E-state index in [1.807, 2.05) is 13.8 Å². The van der Waals surface area contributed by atoms with E-state index in [4.69, 9.17) is 5.11 Å². The molecule has 0 bridgehead atoms. The normalized spacial score (nSPS) is 12.2. The van der Waals surface area contributed by atoms with Gasteiger partial charge in [0.15, 0.2) is 0 Å². The molecule has 0 radical (unpaired) electrons. The number of aliphatic carboxylic acids is 1. The van der Waals surface area contributed by atoms with Crippen molar-refractivity contribution in [2.45, 2.75) is 32.7 Å². The Morgan fingerprint density at radius 1 is 1.42 bits per heavy atom. The molecule has 7 nitrogen and oxygen atoms in total. The lowest BCUT2D eigenvalue weighted by atomic mass is 10.0. The largest absolute Gasteiger partial charge is 0.481 e. The molecule has 0 spiro atoms. The number of hydrogen-bond donors (Lipinski definition) is 3. The fraction of sp³-hybridized carbons (Fsp3) is 0.500. The zero-order valence-corrected chi connectivity index (χ0v) is 10.8. The van der Waals surface area contributed by atoms with E-state index >= 15 is 0 Å². The number of rotatable bonds is 6. The van der Waals surface area contributed by atoms with E-state index in [2.05, 4.69) is 15.3 Å². The minimum Gasteiger partial charge on any atom is -0.481 e. The van der Waals surface area contributed by atoms with Crippen molar-refractivity contribution >= 4 is 11.9 Å². The molecule has 3 N–H and O–H groups in total. The lowest BCUT2D eigenvalue weighted by Crippen LogP contribution is -2.38. The van der Waals surface area contributed by atoms with Crippen molar-refractivity contribution in [1.29, 1.82) is 0 Å². The maximum Gasteiger partial charge on any atom is 0.305 e. The molecular formula is C12H17N3O4. The number of amides is 1. The quantitative estimate of drug-likeness (QED) is 0.690. The Kier molecular flexibility index (Phi) is 5.23. The topological polar surface area (TPSA) is 112 Å². The highest BCUT2D eigenvalue weighted by Crippen LogP contribution is 2.08. The second-order valence-electron chi connectivity index (χ2n) is 4.71. The van der Waals surface area contributed by atoms with Gasteiger partial charge in [0.2, 0.25) is 0 Å². The van der Waals surface area contributed by atoms with Crippen LogP contribution in [0.25, 0.3) is 0 Å². The highest BCUT2D eigenvalue weighted by Gasteiger charge is 2.18. The first-order chi connectivity index (χ1) is 8.88. The molecular weight excluding hydrogens is 250 g/mol. The second-order valence-corrected chi connectivity index (χ2v) is 4.71. The summed E-state index contributed by atoms with van der Waals surface area (Å²) in [5.41, 5.74) is -0.460. The number of nitrogens with one attached hydrogen (secondary N) is 2. The maximum atomic E-state index is 11.9. The third-order valence-electron chi connectivity index (χ3n) is 2.41. The van der Waals surface area contributed by atoms with E-state index in [0.717, 1.165) is 6.20 Å². The van der Waals surface area contributed by atoms with Crippen molar-refractivity contribution in [3.05, 3.63) is 28.4 Å². The van der Waals surface area contributed by atoms with Gasteiger partial charge in [-0.25, -0.2) is 0 Å². The number of aromatic nitrogens is 2. The van der Waals surface area contributed by atoms with Crippen LogP contribution in [0.4, 0.5) is 0 Å². The predicted molar refractivity (Wildman–Crippen MR) is 67.8 cm³/mol. The molecule has 0 saturated carbocycles. The predicted octanol–water partition coefficient (Wildman–Crippen LogP) is 0.389. The third-order valence-corrected chi connectivity index (χ3v) is 2.41. The summed E-state index contributed by atoms with van der Waals surface area (Å²) in [6, 6.07) is -0.478. The van der Waals surface area contributed by atoms with Crippen LogP contribution < -0.4 is 10.9 Å². The number of carbonyl (C=O) groups is 2. The molecule has 0 fully saturated rings. The van der Waals surface area contributed by atoms with Gasteiger partial charge >= 0.3 is 5.97 Å². The van der Waals surface area contributed by atoms with Crippen molar-refractivity contribution in [1.82, 2.24) is 15.3 Å². The van der Waals surface area contributed by atoms with Gasteiger partial charge in [0.1, 0.15) is 5.69 Å². The first kappa shape index (κ1) is 14.9. The van der Waals surface area contributed by atoms with Gasteiger partial charge in [-0.2, -0.15) is 0 Å². The lowest BCUT2D eigenvalue weighted by Gasteiger charge is -2.18. The zero-order valence-electron chi connectivity index (χ0n) is 10.8. The first-order valence-corrected chi connectivity index (χ1v) is 5.95. The van der Waals surface area contributed by atoms with Gasteiger partial charge < -0.3 is 15.4 Å². The minimum absolute atomic E-state index is 0.0200. The summed E-state index contributed by atoms with van der Waals surface area (Å²) in [5.74, 6) is -1.26. The SMILES string of the molecule is CC(C)C[C@@H](CC(=O)O)NC(=O)c1cncc(=O)[nH]1. The van der Waals surface area contributed by atoms with E-state index in [9.17, 15) is 14.4 Å². The number of carbonyl (C=O) groups excluding carboxylic acids is 1. The van der Waals surface area contributed by atoms with E-state index < -0.39 is 23.5 Å². The molecule has 1 heterocycles. The van der Waals surface area contributed by atoms with Crippen molar-refractivity contribution < 1.29 is 14.7 Å². The molecule has 19 heavy (non-hydrogen) atoms. The van der Waals surface area contributed by atoms with Crippen LogP contribution in [0.3, 0.4) is 0 Å². The van der Waals surface area contributed by atoms with Gasteiger partial charge in [-0.3, -0.25) is 19.4 Å². The Morgan fingerprint density at radius 2 is 2.11 bits per heavy atom. The van der Waals surface area contributed by atoms with Gasteiger partial charge in [-0.15, -0.1) is 0 Å². The average molecular weight is 267 g/mol. The molecule has 104 valence electrons. The molecule has 0 saturated heterocycles. The molecule has 0 aliphatic heterocycles. The Balaban J connectivity index is 2.75. The molecule has 7 heteroatoms. The summed E-state index contributed by atoms with van der Waals surface area (Å²) in [6.45, 7) is 3.87. The standard InChI is InChI=1S/C12H17N3O4/c1-7(2)3-8(4-11(17)18)14-12(19)9-5-13-6-10(16)15-9/h5-8H,3-4H2,1-2H3,(H,14,19)(H,15,16)(H,17,18)/t8-/m0/s1. The van der Waals surface area contributed by atoms with E-state index in [1.54, 1.807) is 0 Å². The Hall–Kier alpha value is -2.18. The van der Waals surface area contributed by atoms with Crippen LogP contribution in [0.15, 0.2) is 17.2 Å². The van der Waals surface area contributed by atoms with Crippen LogP contribution in [0.2, 0.25) is 0 Å². The van der Waals surface area contributed by atoms with Crippen LogP contribution >= 0.6 is 0 Å². The van der Waals surface area contributed by atoms with E-state index in [1.165, 1.54) is 6.20 Å². The lowest BCUT2D eigenvalue weighted by molar-refractivity contribution is -0.137. The summed E-state index contributed by atoms with van der Waals surface area (Å²) in [5, 5.41) is 11.4. The molecule has 0 aliphatic carbocycles. The van der Waals surface area contributed by atoms with E-state index in [-0.39, 0.29) is 18.0 Å². The monoisotopic (exact) mass is 267 g/mol. The number of H-pyrrole nitrogens is 1. The highest BCUT2D eigenvalue weighted by molar-refractivity contribution is 5.92. The van der Waals surface area contributed by atoms with Gasteiger partial charge in [0.25, 0.3) is 11.5 Å². The average Bonchev–Trinajstić information content (AvgIpc) is 2.26. The number of carboxylic acids is 1. The first-order valence-electron chi connectivity index (χ1n) is 5.95. The van der Waals surface area contributed by atoms with Crippen LogP contribution in [0, 0.1) is 5.92 Å². The van der Waals surface area contributed by atoms with E-state index in [0.29, 0.717) is 6.42 Å². The minimum atomic E-state index is -0.981. The van der Waals surface area contributed by atoms with Gasteiger partial charge in [0.05, 0.1) is 18.8 Å². The number of carboxylic acid groups (broad SMARTS) is 1. The third kappa shape index (κ3) is 5.33. The van der Waals surface area contributed by atoms with Crippen molar-refractivity contribution in [3.8, 4) is 0 Å². The van der Waals surface area contributed by atoms with Crippen LogP contribution in [-0.2, 0) is 4.79 Å². The van der Waals surface area contributed by atoms with Crippen LogP contribution in [-0.4, -0.2) is 33.0 Å². The van der Waals surface area contributed by atoms with Crippen LogP contribution in [0.1, 0.15) is 37.2 Å². The van der Waals surface area contributed by atoms with Gasteiger partial charge in [0, 0.05) is 6.04 Å². The second kappa shape index (κ2) is 6.67. The number of nitrogens with zero attached hydrogens (tertiary/aromatic N) is 1. The molecule has 1 rings (SSSR count). The Morgan fingerprint density at radius 3 is 2.63 bits per heavy atom. The molecule has 0 aliphatic rings. The Labute approximate surface area is 110 Å². The summed E-state index contributed by atoms with van der Waals surface area (Å²) in [4.78, 5) is 39.6. The van der Waals surface area contributed by atoms with Crippen molar-refractivity contribution in [2.24, 2.45) is 5.92 Å². The van der Waals surface area contributed by atoms with Crippen LogP contribution in [0.5, 0.6) is 0 Å². The number of hydrogen-bond acceptors (Lipinski definition) is 4. The molecule has 0 unspecified atom stereocenters. The summed E-state index contributed by atoms with van der Waals surface area (Å²) < 4.78 is 0. The molecule has 1 atom stereocenters. The molecule has 1 aromatic rings. The molecule has 1 amide bonds. The fourth-order valence-electron chi connectivity index (χ4n) is 1.73. The maximum absolute atomic E-state index is 11.9. The molecule has 0 aromatic carbocycles. The highest BCUT2D eigenvalue weighted by atomic mass is 16.4. The van der Waals surface area contributed by atoms with Crippen molar-refractivity contribution in [3.63, 3.8) is 0 Å². The zero-order chi connectivity index (χ0) is 14.4. The fourth-order valence-corrected chi connectivity index (χ4v) is 1.73. The summed E-state index contributed by atoms with van der Waals surface area (Å²) in [6.07, 6.45) is 2.67. The smallest absolute Gasteiger partial charge is 0.305 e.